The van der Waals surface area contributed by atoms with Crippen molar-refractivity contribution < 1.29 is 4.58 Å². The van der Waals surface area contributed by atoms with Gasteiger partial charge in [-0.25, -0.2) is 0 Å². The van der Waals surface area contributed by atoms with E-state index < -0.39 is 0 Å². The molecule has 3 nitrogen and oxygen atoms in total. The van der Waals surface area contributed by atoms with Crippen molar-refractivity contribution in [3.05, 3.63) is 102 Å². The molecule has 34 heavy (non-hydrogen) atoms. The lowest BCUT2D eigenvalue weighted by molar-refractivity contribution is -0.427. The fourth-order valence-corrected chi connectivity index (χ4v) is 5.56. The summed E-state index contributed by atoms with van der Waals surface area (Å²) in [6.07, 6.45) is 7.07. The Labute approximate surface area is 200 Å². The zero-order valence-corrected chi connectivity index (χ0v) is 20.1. The number of allylic oxidation sites excluding steroid dienone is 1. The molecule has 3 heteroatoms. The van der Waals surface area contributed by atoms with Crippen LogP contribution >= 0.6 is 0 Å². The molecule has 0 radical (unpaired) electrons. The number of benzene rings is 3. The Hall–Kier alpha value is -3.85. The van der Waals surface area contributed by atoms with Gasteiger partial charge in [-0.1, -0.05) is 48.5 Å². The molecule has 2 aromatic heterocycles. The molecule has 0 bridgehead atoms. The van der Waals surface area contributed by atoms with Gasteiger partial charge in [0, 0.05) is 70.1 Å². The molecular formula is C31H30N3+. The summed E-state index contributed by atoms with van der Waals surface area (Å²) < 4.78 is 7.13. The Kier molecular flexibility index (Phi) is 4.99. The van der Waals surface area contributed by atoms with Crippen LogP contribution in [0.25, 0.3) is 33.0 Å². The van der Waals surface area contributed by atoms with Gasteiger partial charge in [-0.05, 0) is 39.0 Å². The van der Waals surface area contributed by atoms with Gasteiger partial charge in [0.1, 0.15) is 6.54 Å². The first kappa shape index (κ1) is 20.7. The highest BCUT2D eigenvalue weighted by Crippen LogP contribution is 2.43. The average Bonchev–Trinajstić information content (AvgIpc) is 3.57. The first-order valence-corrected chi connectivity index (χ1v) is 12.4. The molecule has 1 aliphatic rings. The van der Waals surface area contributed by atoms with Crippen molar-refractivity contribution in [1.82, 2.24) is 9.13 Å². The average molecular weight is 445 g/mol. The number of hydrogen-bond donors (Lipinski definition) is 0. The van der Waals surface area contributed by atoms with Gasteiger partial charge in [-0.15, -0.1) is 0 Å². The largest absolute Gasteiger partial charge is 0.347 e. The molecule has 6 rings (SSSR count). The van der Waals surface area contributed by atoms with E-state index in [-0.39, 0.29) is 0 Å². The van der Waals surface area contributed by atoms with Gasteiger partial charge in [0.15, 0.2) is 6.21 Å². The quantitative estimate of drug-likeness (QED) is 0.252. The second-order valence-corrected chi connectivity index (χ2v) is 8.91. The van der Waals surface area contributed by atoms with Crippen LogP contribution in [0.4, 0.5) is 5.69 Å². The first-order valence-electron chi connectivity index (χ1n) is 12.4. The Morgan fingerprint density at radius 3 is 1.76 bits per heavy atom. The summed E-state index contributed by atoms with van der Waals surface area (Å²) in [5, 5.41) is 2.61. The maximum absolute atomic E-state index is 2.38. The third-order valence-corrected chi connectivity index (χ3v) is 7.20. The van der Waals surface area contributed by atoms with Crippen LogP contribution in [0.5, 0.6) is 0 Å². The number of aryl methyl sites for hydroxylation is 2. The topological polar surface area (TPSA) is 12.9 Å². The molecule has 3 aromatic carbocycles. The molecule has 0 amide bonds. The van der Waals surface area contributed by atoms with E-state index in [9.17, 15) is 0 Å². The molecule has 1 aliphatic heterocycles. The van der Waals surface area contributed by atoms with Gasteiger partial charge in [-0.3, -0.25) is 0 Å². The van der Waals surface area contributed by atoms with Crippen LogP contribution in [-0.4, -0.2) is 26.5 Å². The highest BCUT2D eigenvalue weighted by atomic mass is 15.0. The van der Waals surface area contributed by atoms with Crippen molar-refractivity contribution in [2.24, 2.45) is 0 Å². The maximum Gasteiger partial charge on any atom is 0.213 e. The summed E-state index contributed by atoms with van der Waals surface area (Å²) in [5.74, 6) is 0. The first-order chi connectivity index (χ1) is 16.7. The molecule has 168 valence electrons. The second-order valence-electron chi connectivity index (χ2n) is 8.91. The second kappa shape index (κ2) is 8.18. The van der Waals surface area contributed by atoms with Gasteiger partial charge in [-0.2, -0.15) is 4.58 Å². The molecule has 0 atom stereocenters. The minimum Gasteiger partial charge on any atom is -0.347 e. The van der Waals surface area contributed by atoms with Gasteiger partial charge >= 0.3 is 0 Å². The smallest absolute Gasteiger partial charge is 0.213 e. The number of hydrogen-bond acceptors (Lipinski definition) is 0. The summed E-state index contributed by atoms with van der Waals surface area (Å²) in [4.78, 5) is 0. The predicted molar refractivity (Wildman–Crippen MR) is 144 cm³/mol. The molecular weight excluding hydrogens is 414 g/mol. The summed E-state index contributed by atoms with van der Waals surface area (Å²) in [6.45, 7) is 9.51. The standard InChI is InChI=1S/C31H30N3/c1-4-32-19-25(22-13-7-10-16-28(22)32)31(26-20-33(5-2)29-17-11-8-14-23(26)29)27-21-34(6-3)30-18-12-9-15-24(27)30/h7-21H,4-6H2,1-3H3/q+1. The highest BCUT2D eigenvalue weighted by molar-refractivity contribution is 6.26. The van der Waals surface area contributed by atoms with E-state index in [1.165, 1.54) is 55.3 Å². The fourth-order valence-electron chi connectivity index (χ4n) is 5.56. The molecule has 0 spiro atoms. The van der Waals surface area contributed by atoms with Gasteiger partial charge < -0.3 is 9.13 Å². The number of nitrogens with zero attached hydrogens (tertiary/aromatic N) is 3. The maximum atomic E-state index is 2.38. The van der Waals surface area contributed by atoms with Crippen LogP contribution in [0.15, 0.2) is 85.2 Å². The minimum absolute atomic E-state index is 0.946. The van der Waals surface area contributed by atoms with Crippen LogP contribution < -0.4 is 0 Å². The van der Waals surface area contributed by atoms with E-state index in [1.54, 1.807) is 0 Å². The van der Waals surface area contributed by atoms with Crippen LogP contribution in [0.2, 0.25) is 0 Å². The predicted octanol–water partition coefficient (Wildman–Crippen LogP) is 7.34. The molecule has 5 aromatic rings. The monoisotopic (exact) mass is 444 g/mol. The highest BCUT2D eigenvalue weighted by Gasteiger charge is 2.30. The van der Waals surface area contributed by atoms with Gasteiger partial charge in [0.2, 0.25) is 5.69 Å². The SMILES string of the molecule is CCn1cc(C(=C2C=[N+](CC)c3ccccc32)c2cn(CC)c3ccccc23)c2ccccc21. The number of aromatic nitrogens is 2. The van der Waals surface area contributed by atoms with Crippen molar-refractivity contribution in [2.45, 2.75) is 33.9 Å². The normalized spacial score (nSPS) is 13.0. The van der Waals surface area contributed by atoms with Crippen molar-refractivity contribution in [2.75, 3.05) is 6.54 Å². The Morgan fingerprint density at radius 2 is 1.21 bits per heavy atom. The van der Waals surface area contributed by atoms with Gasteiger partial charge in [0.25, 0.3) is 0 Å². The zero-order valence-electron chi connectivity index (χ0n) is 20.1. The van der Waals surface area contributed by atoms with E-state index in [1.807, 2.05) is 0 Å². The molecule has 3 heterocycles. The molecule has 0 saturated carbocycles. The molecule has 0 unspecified atom stereocenters. The summed E-state index contributed by atoms with van der Waals surface area (Å²) in [5.41, 5.74) is 10.4. The van der Waals surface area contributed by atoms with Crippen molar-refractivity contribution in [1.29, 1.82) is 0 Å². The number of fused-ring (bicyclic) bond motifs is 3. The van der Waals surface area contributed by atoms with Crippen LogP contribution in [-0.2, 0) is 13.1 Å². The third-order valence-electron chi connectivity index (χ3n) is 7.20. The van der Waals surface area contributed by atoms with Crippen LogP contribution in [0.3, 0.4) is 0 Å². The summed E-state index contributed by atoms with van der Waals surface area (Å²) >= 11 is 0. The summed E-state index contributed by atoms with van der Waals surface area (Å²) in [6, 6.07) is 26.5. The lowest BCUT2D eigenvalue weighted by atomic mass is 9.90. The molecule has 0 saturated heterocycles. The fraction of sp³-hybridized carbons (Fsp3) is 0.194. The van der Waals surface area contributed by atoms with E-state index in [4.69, 9.17) is 0 Å². The number of rotatable bonds is 5. The minimum atomic E-state index is 0.946. The van der Waals surface area contributed by atoms with Crippen molar-refractivity contribution in [3.8, 4) is 0 Å². The molecule has 0 fully saturated rings. The van der Waals surface area contributed by atoms with E-state index in [0.29, 0.717) is 0 Å². The van der Waals surface area contributed by atoms with Gasteiger partial charge in [0.05, 0.1) is 11.1 Å². The van der Waals surface area contributed by atoms with E-state index >= 15 is 0 Å². The Bertz CT molecular complexity index is 1520. The molecule has 0 aliphatic carbocycles. The van der Waals surface area contributed by atoms with E-state index in [2.05, 4.69) is 126 Å². The zero-order chi connectivity index (χ0) is 23.2. The van der Waals surface area contributed by atoms with Crippen molar-refractivity contribution in [3.63, 3.8) is 0 Å². The van der Waals surface area contributed by atoms with Crippen LogP contribution in [0.1, 0.15) is 37.5 Å². The van der Waals surface area contributed by atoms with Crippen molar-refractivity contribution >= 4 is 44.9 Å². The lowest BCUT2D eigenvalue weighted by Gasteiger charge is -2.09. The third kappa shape index (κ3) is 3.00. The Morgan fingerprint density at radius 1 is 0.676 bits per heavy atom. The van der Waals surface area contributed by atoms with Crippen LogP contribution in [0, 0.1) is 0 Å². The molecule has 0 N–H and O–H groups in total. The number of para-hydroxylation sites is 3. The Balaban J connectivity index is 1.78. The lowest BCUT2D eigenvalue weighted by Crippen LogP contribution is -2.01. The van der Waals surface area contributed by atoms with E-state index in [0.717, 1.165) is 19.6 Å². The summed E-state index contributed by atoms with van der Waals surface area (Å²) in [7, 11) is 0.